The lowest BCUT2D eigenvalue weighted by molar-refractivity contribution is 0.450. The normalized spacial score (nSPS) is 13.4. The van der Waals surface area contributed by atoms with Gasteiger partial charge in [-0.15, -0.1) is 0 Å². The van der Waals surface area contributed by atoms with Crippen LogP contribution in [0.3, 0.4) is 0 Å². The molecule has 0 aromatic carbocycles. The van der Waals surface area contributed by atoms with Crippen molar-refractivity contribution in [2.45, 2.75) is 19.4 Å². The molecule has 0 amide bonds. The molecule has 1 atom stereocenters. The summed E-state index contributed by atoms with van der Waals surface area (Å²) in [6.07, 6.45) is 4.40. The smallest absolute Gasteiger partial charge is 0.0785 e. The van der Waals surface area contributed by atoms with E-state index in [-0.39, 0.29) is 6.04 Å². The molecule has 0 bridgehead atoms. The number of hydrogen-bond acceptors (Lipinski definition) is 2. The number of nitrogens with two attached hydrogens (primary N) is 1. The molecule has 0 saturated carbocycles. The molecular formula is C7H12ClN3. The lowest BCUT2D eigenvalue weighted by Gasteiger charge is -2.11. The second-order valence-corrected chi connectivity index (χ2v) is 2.87. The van der Waals surface area contributed by atoms with Crippen molar-refractivity contribution in [1.29, 1.82) is 0 Å². The van der Waals surface area contributed by atoms with E-state index in [1.807, 2.05) is 4.68 Å². The zero-order valence-electron chi connectivity index (χ0n) is 6.50. The zero-order chi connectivity index (χ0) is 8.27. The third-order valence-corrected chi connectivity index (χ3v) is 1.88. The standard InChI is InChI=1S/C7H12ClN3/c1-2-7(3-9)11-5-6(8)4-10-11/h4-5,7H,2-3,9H2,1H3/t7-/m0/s1. The minimum absolute atomic E-state index is 0.280. The van der Waals surface area contributed by atoms with Crippen LogP contribution in [0.25, 0.3) is 0 Å². The monoisotopic (exact) mass is 173 g/mol. The Bertz CT molecular complexity index is 217. The molecule has 11 heavy (non-hydrogen) atoms. The molecule has 3 nitrogen and oxygen atoms in total. The predicted octanol–water partition coefficient (Wildman–Crippen LogP) is 1.45. The molecule has 1 aromatic rings. The van der Waals surface area contributed by atoms with Crippen LogP contribution in [-0.4, -0.2) is 16.3 Å². The van der Waals surface area contributed by atoms with E-state index < -0.39 is 0 Å². The Kier molecular flexibility index (Phi) is 2.91. The molecule has 0 aliphatic carbocycles. The van der Waals surface area contributed by atoms with E-state index in [4.69, 9.17) is 17.3 Å². The first-order chi connectivity index (χ1) is 5.27. The van der Waals surface area contributed by atoms with Crippen molar-refractivity contribution < 1.29 is 0 Å². The van der Waals surface area contributed by atoms with Gasteiger partial charge in [-0.3, -0.25) is 4.68 Å². The maximum atomic E-state index is 5.69. The summed E-state index contributed by atoms with van der Waals surface area (Å²) in [6, 6.07) is 0.280. The van der Waals surface area contributed by atoms with Crippen molar-refractivity contribution in [2.75, 3.05) is 6.54 Å². The third-order valence-electron chi connectivity index (χ3n) is 1.69. The second-order valence-electron chi connectivity index (χ2n) is 2.44. The van der Waals surface area contributed by atoms with Crippen molar-refractivity contribution in [3.8, 4) is 0 Å². The van der Waals surface area contributed by atoms with Gasteiger partial charge in [0.2, 0.25) is 0 Å². The van der Waals surface area contributed by atoms with E-state index in [2.05, 4.69) is 12.0 Å². The third kappa shape index (κ3) is 1.94. The van der Waals surface area contributed by atoms with Crippen molar-refractivity contribution in [2.24, 2.45) is 5.73 Å². The molecule has 2 N–H and O–H groups in total. The van der Waals surface area contributed by atoms with Gasteiger partial charge in [0.05, 0.1) is 17.3 Å². The summed E-state index contributed by atoms with van der Waals surface area (Å²) in [4.78, 5) is 0. The highest BCUT2D eigenvalue weighted by Gasteiger charge is 2.06. The summed E-state index contributed by atoms with van der Waals surface area (Å²) >= 11 is 5.69. The van der Waals surface area contributed by atoms with Gasteiger partial charge in [0.15, 0.2) is 0 Å². The Morgan fingerprint density at radius 1 is 1.82 bits per heavy atom. The van der Waals surface area contributed by atoms with Crippen molar-refractivity contribution in [1.82, 2.24) is 9.78 Å². The summed E-state index contributed by atoms with van der Waals surface area (Å²) in [7, 11) is 0. The van der Waals surface area contributed by atoms with Crippen LogP contribution in [0.4, 0.5) is 0 Å². The van der Waals surface area contributed by atoms with E-state index >= 15 is 0 Å². The molecule has 0 aliphatic heterocycles. The fourth-order valence-corrected chi connectivity index (χ4v) is 1.12. The summed E-state index contributed by atoms with van der Waals surface area (Å²) in [6.45, 7) is 2.68. The van der Waals surface area contributed by atoms with Gasteiger partial charge >= 0.3 is 0 Å². The second kappa shape index (κ2) is 3.74. The van der Waals surface area contributed by atoms with Crippen LogP contribution in [0.15, 0.2) is 12.4 Å². The predicted molar refractivity (Wildman–Crippen MR) is 45.6 cm³/mol. The van der Waals surface area contributed by atoms with E-state index in [1.165, 1.54) is 0 Å². The quantitative estimate of drug-likeness (QED) is 0.752. The van der Waals surface area contributed by atoms with E-state index in [0.29, 0.717) is 11.6 Å². The van der Waals surface area contributed by atoms with Crippen LogP contribution in [0, 0.1) is 0 Å². The minimum Gasteiger partial charge on any atom is -0.328 e. The van der Waals surface area contributed by atoms with E-state index in [0.717, 1.165) is 6.42 Å². The molecule has 0 fully saturated rings. The Balaban J connectivity index is 2.73. The number of nitrogens with zero attached hydrogens (tertiary/aromatic N) is 2. The van der Waals surface area contributed by atoms with Crippen molar-refractivity contribution >= 4 is 11.6 Å². The number of aromatic nitrogens is 2. The average molecular weight is 174 g/mol. The van der Waals surface area contributed by atoms with Crippen molar-refractivity contribution in [3.05, 3.63) is 17.4 Å². The summed E-state index contributed by atoms with van der Waals surface area (Å²) in [5.74, 6) is 0. The molecule has 1 aromatic heterocycles. The Morgan fingerprint density at radius 2 is 2.55 bits per heavy atom. The lowest BCUT2D eigenvalue weighted by Crippen LogP contribution is -2.18. The van der Waals surface area contributed by atoms with Crippen LogP contribution >= 0.6 is 11.6 Å². The van der Waals surface area contributed by atoms with Gasteiger partial charge in [-0.05, 0) is 6.42 Å². The lowest BCUT2D eigenvalue weighted by atomic mass is 10.2. The molecule has 0 saturated heterocycles. The van der Waals surface area contributed by atoms with E-state index in [1.54, 1.807) is 12.4 Å². The zero-order valence-corrected chi connectivity index (χ0v) is 7.25. The van der Waals surface area contributed by atoms with Crippen LogP contribution in [0.5, 0.6) is 0 Å². The first kappa shape index (κ1) is 8.56. The highest BCUT2D eigenvalue weighted by atomic mass is 35.5. The molecule has 0 radical (unpaired) electrons. The number of hydrogen-bond donors (Lipinski definition) is 1. The maximum absolute atomic E-state index is 5.69. The fourth-order valence-electron chi connectivity index (χ4n) is 0.976. The van der Waals surface area contributed by atoms with Gasteiger partial charge in [-0.2, -0.15) is 5.10 Å². The van der Waals surface area contributed by atoms with Crippen molar-refractivity contribution in [3.63, 3.8) is 0 Å². The average Bonchev–Trinajstić information content (AvgIpc) is 2.39. The van der Waals surface area contributed by atoms with Gasteiger partial charge in [0.25, 0.3) is 0 Å². The molecule has 1 heterocycles. The first-order valence-electron chi connectivity index (χ1n) is 3.67. The van der Waals surface area contributed by atoms with Crippen LogP contribution < -0.4 is 5.73 Å². The van der Waals surface area contributed by atoms with Crippen LogP contribution in [0.2, 0.25) is 5.02 Å². The molecule has 0 aliphatic rings. The van der Waals surface area contributed by atoms with Gasteiger partial charge in [0, 0.05) is 12.7 Å². The molecule has 0 spiro atoms. The minimum atomic E-state index is 0.280. The van der Waals surface area contributed by atoms with Crippen LogP contribution in [-0.2, 0) is 0 Å². The summed E-state index contributed by atoms with van der Waals surface area (Å²) < 4.78 is 1.81. The largest absolute Gasteiger partial charge is 0.328 e. The van der Waals surface area contributed by atoms with Gasteiger partial charge < -0.3 is 5.73 Å². The maximum Gasteiger partial charge on any atom is 0.0785 e. The fraction of sp³-hybridized carbons (Fsp3) is 0.571. The Hall–Kier alpha value is -0.540. The van der Waals surface area contributed by atoms with E-state index in [9.17, 15) is 0 Å². The van der Waals surface area contributed by atoms with Gasteiger partial charge in [0.1, 0.15) is 0 Å². The highest BCUT2D eigenvalue weighted by molar-refractivity contribution is 6.30. The van der Waals surface area contributed by atoms with Crippen LogP contribution in [0.1, 0.15) is 19.4 Å². The summed E-state index contributed by atoms with van der Waals surface area (Å²) in [5.41, 5.74) is 5.52. The Labute approximate surface area is 71.1 Å². The van der Waals surface area contributed by atoms with Gasteiger partial charge in [-0.25, -0.2) is 0 Å². The molecule has 4 heteroatoms. The summed E-state index contributed by atoms with van der Waals surface area (Å²) in [5, 5.41) is 4.73. The number of halogens is 1. The van der Waals surface area contributed by atoms with Gasteiger partial charge in [-0.1, -0.05) is 18.5 Å². The topological polar surface area (TPSA) is 43.8 Å². The molecule has 0 unspecified atom stereocenters. The molecule has 62 valence electrons. The Morgan fingerprint density at radius 3 is 2.91 bits per heavy atom. The highest BCUT2D eigenvalue weighted by Crippen LogP contribution is 2.12. The molecular weight excluding hydrogens is 162 g/mol. The number of rotatable bonds is 3. The first-order valence-corrected chi connectivity index (χ1v) is 4.05. The SMILES string of the molecule is CC[C@@H](CN)n1cc(Cl)cn1. The molecule has 1 rings (SSSR count).